The maximum absolute atomic E-state index is 11.8. The number of hydrogen-bond donors (Lipinski definition) is 4. The van der Waals surface area contributed by atoms with Gasteiger partial charge in [-0.15, -0.1) is 11.3 Å². The van der Waals surface area contributed by atoms with E-state index in [9.17, 15) is 20.1 Å². The summed E-state index contributed by atoms with van der Waals surface area (Å²) < 4.78 is 4.92. The molecule has 0 radical (unpaired) electrons. The van der Waals surface area contributed by atoms with E-state index in [1.54, 1.807) is 6.07 Å². The van der Waals surface area contributed by atoms with Gasteiger partial charge in [-0.1, -0.05) is 13.3 Å². The summed E-state index contributed by atoms with van der Waals surface area (Å²) in [4.78, 5) is 13.3. The largest absolute Gasteiger partial charge is 0.459 e. The third kappa shape index (κ3) is 5.72. The SMILES string of the molecule is CCCc1ccc(C(=O)OCC(O)C(O)C(O)CCO)s1. The van der Waals surface area contributed by atoms with Crippen molar-refractivity contribution in [3.05, 3.63) is 21.9 Å². The van der Waals surface area contributed by atoms with Crippen molar-refractivity contribution in [1.29, 1.82) is 0 Å². The molecule has 21 heavy (non-hydrogen) atoms. The molecular weight excluding hydrogens is 296 g/mol. The Labute approximate surface area is 127 Å². The summed E-state index contributed by atoms with van der Waals surface area (Å²) in [6.07, 6.45) is -2.30. The minimum absolute atomic E-state index is 0.0581. The number of aryl methyl sites for hydroxylation is 1. The van der Waals surface area contributed by atoms with Crippen molar-refractivity contribution in [2.45, 2.75) is 44.5 Å². The van der Waals surface area contributed by atoms with Crippen LogP contribution in [0.1, 0.15) is 34.3 Å². The lowest BCUT2D eigenvalue weighted by Gasteiger charge is -2.21. The van der Waals surface area contributed by atoms with Gasteiger partial charge in [0.25, 0.3) is 0 Å². The number of aliphatic hydroxyl groups excluding tert-OH is 4. The molecule has 0 aliphatic rings. The molecule has 0 bridgehead atoms. The molecule has 0 aliphatic carbocycles. The van der Waals surface area contributed by atoms with Gasteiger partial charge in [-0.25, -0.2) is 4.79 Å². The molecule has 1 aromatic rings. The molecule has 0 saturated heterocycles. The highest BCUT2D eigenvalue weighted by molar-refractivity contribution is 7.13. The Hall–Kier alpha value is -0.990. The van der Waals surface area contributed by atoms with E-state index in [0.717, 1.165) is 17.7 Å². The molecular formula is C14H22O6S. The minimum atomic E-state index is -1.47. The van der Waals surface area contributed by atoms with E-state index < -0.39 is 30.9 Å². The van der Waals surface area contributed by atoms with Crippen molar-refractivity contribution >= 4 is 17.3 Å². The molecule has 3 unspecified atom stereocenters. The molecule has 1 rings (SSSR count). The molecule has 7 heteroatoms. The first kappa shape index (κ1) is 18.1. The summed E-state index contributed by atoms with van der Waals surface area (Å²) >= 11 is 1.34. The molecule has 0 fully saturated rings. The third-order valence-corrected chi connectivity index (χ3v) is 4.08. The van der Waals surface area contributed by atoms with Gasteiger partial charge in [0, 0.05) is 11.5 Å². The quantitative estimate of drug-likeness (QED) is 0.489. The van der Waals surface area contributed by atoms with Crippen molar-refractivity contribution in [3.63, 3.8) is 0 Å². The van der Waals surface area contributed by atoms with Crippen LogP contribution in [-0.4, -0.2) is 57.9 Å². The molecule has 1 heterocycles. The third-order valence-electron chi connectivity index (χ3n) is 2.96. The van der Waals surface area contributed by atoms with E-state index in [-0.39, 0.29) is 13.0 Å². The second-order valence-corrected chi connectivity index (χ2v) is 5.92. The van der Waals surface area contributed by atoms with Crippen LogP contribution in [0.15, 0.2) is 12.1 Å². The first-order chi connectivity index (χ1) is 9.99. The van der Waals surface area contributed by atoms with Crippen LogP contribution in [0.5, 0.6) is 0 Å². The maximum atomic E-state index is 11.8. The van der Waals surface area contributed by atoms with Gasteiger partial charge >= 0.3 is 5.97 Å². The molecule has 0 spiro atoms. The van der Waals surface area contributed by atoms with Gasteiger partial charge in [-0.3, -0.25) is 0 Å². The standard InChI is InChI=1S/C14H22O6S/c1-2-3-9-4-5-12(21-9)14(19)20-8-11(17)13(18)10(16)6-7-15/h4-5,10-11,13,15-18H,2-3,6-8H2,1H3. The lowest BCUT2D eigenvalue weighted by molar-refractivity contribution is -0.0844. The normalized spacial score (nSPS) is 15.5. The zero-order chi connectivity index (χ0) is 15.8. The van der Waals surface area contributed by atoms with Crippen molar-refractivity contribution in [3.8, 4) is 0 Å². The number of rotatable bonds is 9. The number of ether oxygens (including phenoxy) is 1. The molecule has 0 aliphatic heterocycles. The van der Waals surface area contributed by atoms with Crippen molar-refractivity contribution < 1.29 is 30.0 Å². The first-order valence-corrected chi connectivity index (χ1v) is 7.72. The van der Waals surface area contributed by atoms with Gasteiger partial charge in [-0.05, 0) is 25.0 Å². The van der Waals surface area contributed by atoms with E-state index >= 15 is 0 Å². The molecule has 0 amide bonds. The van der Waals surface area contributed by atoms with Crippen LogP contribution >= 0.6 is 11.3 Å². The zero-order valence-electron chi connectivity index (χ0n) is 11.9. The van der Waals surface area contributed by atoms with Gasteiger partial charge in [0.05, 0.1) is 6.10 Å². The average molecular weight is 318 g/mol. The van der Waals surface area contributed by atoms with Crippen molar-refractivity contribution in [2.75, 3.05) is 13.2 Å². The van der Waals surface area contributed by atoms with Crippen LogP contribution in [0, 0.1) is 0 Å². The number of aliphatic hydroxyl groups is 4. The number of hydrogen-bond acceptors (Lipinski definition) is 7. The monoisotopic (exact) mass is 318 g/mol. The second-order valence-electron chi connectivity index (χ2n) is 4.75. The van der Waals surface area contributed by atoms with Gasteiger partial charge < -0.3 is 25.2 Å². The van der Waals surface area contributed by atoms with Crippen LogP contribution in [0.3, 0.4) is 0 Å². The lowest BCUT2D eigenvalue weighted by atomic mass is 10.1. The molecule has 120 valence electrons. The Kier molecular flexibility index (Phi) is 7.84. The molecule has 3 atom stereocenters. The fourth-order valence-corrected chi connectivity index (χ4v) is 2.76. The van der Waals surface area contributed by atoms with E-state index in [4.69, 9.17) is 9.84 Å². The van der Waals surface area contributed by atoms with Crippen LogP contribution in [0.25, 0.3) is 0 Å². The highest BCUT2D eigenvalue weighted by Crippen LogP contribution is 2.19. The molecule has 1 aromatic heterocycles. The lowest BCUT2D eigenvalue weighted by Crippen LogP contribution is -2.40. The van der Waals surface area contributed by atoms with Crippen molar-refractivity contribution in [1.82, 2.24) is 0 Å². The Morgan fingerprint density at radius 2 is 2.00 bits per heavy atom. The van der Waals surface area contributed by atoms with Crippen LogP contribution < -0.4 is 0 Å². The Balaban J connectivity index is 2.44. The number of thiophene rings is 1. The molecule has 0 saturated carbocycles. The maximum Gasteiger partial charge on any atom is 0.348 e. The van der Waals surface area contributed by atoms with Gasteiger partial charge in [-0.2, -0.15) is 0 Å². The summed E-state index contributed by atoms with van der Waals surface area (Å²) in [5, 5.41) is 37.3. The Bertz CT molecular complexity index is 433. The molecule has 0 aromatic carbocycles. The van der Waals surface area contributed by atoms with E-state index in [1.807, 2.05) is 13.0 Å². The summed E-state index contributed by atoms with van der Waals surface area (Å²) in [5.74, 6) is -0.565. The number of carbonyl (C=O) groups is 1. The van der Waals surface area contributed by atoms with Crippen LogP contribution in [-0.2, 0) is 11.2 Å². The van der Waals surface area contributed by atoms with Gasteiger partial charge in [0.1, 0.15) is 23.7 Å². The Morgan fingerprint density at radius 1 is 1.29 bits per heavy atom. The predicted octanol–water partition coefficient (Wildman–Crippen LogP) is 0.323. The van der Waals surface area contributed by atoms with E-state index in [1.165, 1.54) is 11.3 Å². The van der Waals surface area contributed by atoms with E-state index in [2.05, 4.69) is 0 Å². The highest BCUT2D eigenvalue weighted by atomic mass is 32.1. The zero-order valence-corrected chi connectivity index (χ0v) is 12.8. The van der Waals surface area contributed by atoms with Gasteiger partial charge in [0.15, 0.2) is 0 Å². The number of esters is 1. The van der Waals surface area contributed by atoms with E-state index in [0.29, 0.717) is 4.88 Å². The molecule has 6 nitrogen and oxygen atoms in total. The summed E-state index contributed by atoms with van der Waals surface area (Å²) in [6, 6.07) is 3.53. The summed E-state index contributed by atoms with van der Waals surface area (Å²) in [7, 11) is 0. The number of carbonyl (C=O) groups excluding carboxylic acids is 1. The van der Waals surface area contributed by atoms with Crippen molar-refractivity contribution in [2.24, 2.45) is 0 Å². The first-order valence-electron chi connectivity index (χ1n) is 6.90. The minimum Gasteiger partial charge on any atom is -0.459 e. The predicted molar refractivity (Wildman–Crippen MR) is 78.3 cm³/mol. The Morgan fingerprint density at radius 3 is 2.62 bits per heavy atom. The fraction of sp³-hybridized carbons (Fsp3) is 0.643. The molecule has 4 N–H and O–H groups in total. The van der Waals surface area contributed by atoms with Crippen LogP contribution in [0.4, 0.5) is 0 Å². The fourth-order valence-electron chi connectivity index (χ4n) is 1.76. The average Bonchev–Trinajstić information content (AvgIpc) is 2.93. The topological polar surface area (TPSA) is 107 Å². The summed E-state index contributed by atoms with van der Waals surface area (Å²) in [5.41, 5.74) is 0. The second kappa shape index (κ2) is 9.11. The van der Waals surface area contributed by atoms with Crippen LogP contribution in [0.2, 0.25) is 0 Å². The summed E-state index contributed by atoms with van der Waals surface area (Å²) in [6.45, 7) is 1.33. The van der Waals surface area contributed by atoms with Gasteiger partial charge in [0.2, 0.25) is 0 Å². The highest BCUT2D eigenvalue weighted by Gasteiger charge is 2.25. The smallest absolute Gasteiger partial charge is 0.348 e.